The van der Waals surface area contributed by atoms with Crippen molar-refractivity contribution in [1.82, 2.24) is 0 Å². The van der Waals surface area contributed by atoms with Crippen LogP contribution in [0.3, 0.4) is 0 Å². The first kappa shape index (κ1) is 14.9. The molecule has 3 heteroatoms. The molecule has 106 valence electrons. The summed E-state index contributed by atoms with van der Waals surface area (Å²) in [6.07, 6.45) is 2.84. The molecule has 2 rings (SSSR count). The molecule has 0 fully saturated rings. The minimum absolute atomic E-state index is 0.200. The zero-order valence-electron chi connectivity index (χ0n) is 11.8. The number of aliphatic hydroxyl groups is 1. The van der Waals surface area contributed by atoms with Crippen molar-refractivity contribution >= 4 is 17.4 Å². The molecule has 1 atom stereocenters. The molecule has 2 aromatic carbocycles. The van der Waals surface area contributed by atoms with Gasteiger partial charge in [0.1, 0.15) is 0 Å². The quantitative estimate of drug-likeness (QED) is 0.813. The molecule has 2 N–H and O–H groups in total. The van der Waals surface area contributed by atoms with Gasteiger partial charge in [0, 0.05) is 18.0 Å². The highest BCUT2D eigenvalue weighted by molar-refractivity contribution is 7.98. The van der Waals surface area contributed by atoms with Crippen LogP contribution in [0.1, 0.15) is 17.2 Å². The van der Waals surface area contributed by atoms with Crippen molar-refractivity contribution in [2.45, 2.75) is 12.5 Å². The van der Waals surface area contributed by atoms with Crippen molar-refractivity contribution in [1.29, 1.82) is 0 Å². The summed E-state index contributed by atoms with van der Waals surface area (Å²) < 4.78 is 0. The number of nitrogens with one attached hydrogen (secondary N) is 1. The molecule has 0 aliphatic rings. The first-order chi connectivity index (χ1) is 9.83. The summed E-state index contributed by atoms with van der Waals surface area (Å²) in [6, 6.07) is 19.1. The first-order valence-corrected chi connectivity index (χ1v) is 8.23. The highest BCUT2D eigenvalue weighted by atomic mass is 32.2. The van der Waals surface area contributed by atoms with Gasteiger partial charge in [-0.25, -0.2) is 0 Å². The van der Waals surface area contributed by atoms with E-state index in [1.54, 1.807) is 0 Å². The zero-order valence-corrected chi connectivity index (χ0v) is 12.6. The van der Waals surface area contributed by atoms with Crippen molar-refractivity contribution in [3.63, 3.8) is 0 Å². The van der Waals surface area contributed by atoms with Crippen LogP contribution in [-0.2, 0) is 6.42 Å². The molecule has 0 aliphatic heterocycles. The van der Waals surface area contributed by atoms with E-state index in [2.05, 4.69) is 60.1 Å². The predicted octanol–water partition coefficient (Wildman–Crippen LogP) is 3.74. The Morgan fingerprint density at radius 1 is 1.05 bits per heavy atom. The number of hydrogen-bond acceptors (Lipinski definition) is 3. The summed E-state index contributed by atoms with van der Waals surface area (Å²) >= 11 is 1.84. The zero-order chi connectivity index (χ0) is 14.2. The van der Waals surface area contributed by atoms with Crippen LogP contribution < -0.4 is 5.32 Å². The second kappa shape index (κ2) is 7.98. The minimum atomic E-state index is 0.200. The minimum Gasteiger partial charge on any atom is -0.396 e. The van der Waals surface area contributed by atoms with E-state index in [0.717, 1.165) is 11.4 Å². The fourth-order valence-corrected chi connectivity index (χ4v) is 2.78. The van der Waals surface area contributed by atoms with Gasteiger partial charge < -0.3 is 10.4 Å². The van der Waals surface area contributed by atoms with Crippen molar-refractivity contribution in [3.05, 3.63) is 65.7 Å². The molecule has 0 radical (unpaired) electrons. The second-order valence-electron chi connectivity index (χ2n) is 4.73. The standard InChI is InChI=1S/C17H21NOS/c1-20-13-17(15-5-3-2-4-6-15)18-16-9-7-14(8-10-16)11-12-19/h2-10,17-19H,11-13H2,1H3. The van der Waals surface area contributed by atoms with Crippen LogP contribution in [0.4, 0.5) is 5.69 Å². The SMILES string of the molecule is CSCC(Nc1ccc(CCO)cc1)c1ccccc1. The number of rotatable bonds is 7. The number of anilines is 1. The molecule has 0 saturated heterocycles. The van der Waals surface area contributed by atoms with Crippen molar-refractivity contribution in [2.75, 3.05) is 23.9 Å². The van der Waals surface area contributed by atoms with Gasteiger partial charge in [-0.3, -0.25) is 0 Å². The smallest absolute Gasteiger partial charge is 0.0604 e. The summed E-state index contributed by atoms with van der Waals surface area (Å²) in [7, 11) is 0. The molecule has 0 aliphatic carbocycles. The highest BCUT2D eigenvalue weighted by Crippen LogP contribution is 2.23. The Labute approximate surface area is 125 Å². The van der Waals surface area contributed by atoms with Gasteiger partial charge in [0.05, 0.1) is 6.04 Å². The molecule has 0 saturated carbocycles. The maximum Gasteiger partial charge on any atom is 0.0604 e. The number of thioether (sulfide) groups is 1. The molecule has 2 nitrogen and oxygen atoms in total. The summed E-state index contributed by atoms with van der Waals surface area (Å²) in [6.45, 7) is 0.200. The Balaban J connectivity index is 2.08. The Bertz CT molecular complexity index is 498. The van der Waals surface area contributed by atoms with Crippen LogP contribution in [0, 0.1) is 0 Å². The molecule has 0 spiro atoms. The average molecular weight is 287 g/mol. The van der Waals surface area contributed by atoms with Crippen LogP contribution in [0.5, 0.6) is 0 Å². The van der Waals surface area contributed by atoms with Crippen molar-refractivity contribution < 1.29 is 5.11 Å². The third-order valence-corrected chi connectivity index (χ3v) is 3.90. The van der Waals surface area contributed by atoms with E-state index >= 15 is 0 Å². The Morgan fingerprint density at radius 3 is 2.35 bits per heavy atom. The van der Waals surface area contributed by atoms with Gasteiger partial charge in [0.2, 0.25) is 0 Å². The summed E-state index contributed by atoms with van der Waals surface area (Å²) in [5.74, 6) is 1.03. The molecule has 2 aromatic rings. The first-order valence-electron chi connectivity index (χ1n) is 6.83. The van der Waals surface area contributed by atoms with Gasteiger partial charge in [-0.2, -0.15) is 11.8 Å². The van der Waals surface area contributed by atoms with E-state index < -0.39 is 0 Å². The lowest BCUT2D eigenvalue weighted by Crippen LogP contribution is -2.13. The fraction of sp³-hybridized carbons (Fsp3) is 0.294. The Morgan fingerprint density at radius 2 is 1.75 bits per heavy atom. The molecule has 20 heavy (non-hydrogen) atoms. The number of aliphatic hydroxyl groups excluding tert-OH is 1. The molecule has 0 amide bonds. The average Bonchev–Trinajstić information content (AvgIpc) is 2.50. The monoisotopic (exact) mass is 287 g/mol. The van der Waals surface area contributed by atoms with Gasteiger partial charge in [-0.1, -0.05) is 42.5 Å². The van der Waals surface area contributed by atoms with Crippen molar-refractivity contribution in [3.8, 4) is 0 Å². The predicted molar refractivity (Wildman–Crippen MR) is 88.4 cm³/mol. The number of hydrogen-bond donors (Lipinski definition) is 2. The lowest BCUT2D eigenvalue weighted by Gasteiger charge is -2.19. The molecule has 0 heterocycles. The molecule has 0 aromatic heterocycles. The summed E-state index contributed by atoms with van der Waals surface area (Å²) in [5, 5.41) is 12.5. The van der Waals surface area contributed by atoms with E-state index in [1.807, 2.05) is 17.8 Å². The van der Waals surface area contributed by atoms with E-state index in [4.69, 9.17) is 5.11 Å². The second-order valence-corrected chi connectivity index (χ2v) is 5.64. The van der Waals surface area contributed by atoms with Gasteiger partial charge in [0.15, 0.2) is 0 Å². The molecule has 0 bridgehead atoms. The van der Waals surface area contributed by atoms with Gasteiger partial charge in [-0.15, -0.1) is 0 Å². The topological polar surface area (TPSA) is 32.3 Å². The van der Waals surface area contributed by atoms with Gasteiger partial charge in [0.25, 0.3) is 0 Å². The van der Waals surface area contributed by atoms with E-state index in [-0.39, 0.29) is 6.61 Å². The van der Waals surface area contributed by atoms with Crippen LogP contribution in [0.15, 0.2) is 54.6 Å². The van der Waals surface area contributed by atoms with Gasteiger partial charge in [-0.05, 0) is 35.9 Å². The lowest BCUT2D eigenvalue weighted by molar-refractivity contribution is 0.299. The normalized spacial score (nSPS) is 12.1. The van der Waals surface area contributed by atoms with Crippen molar-refractivity contribution in [2.24, 2.45) is 0 Å². The molecular weight excluding hydrogens is 266 g/mol. The van der Waals surface area contributed by atoms with Crippen LogP contribution >= 0.6 is 11.8 Å². The van der Waals surface area contributed by atoms with E-state index in [1.165, 1.54) is 11.1 Å². The maximum absolute atomic E-state index is 8.93. The third kappa shape index (κ3) is 4.29. The molecule has 1 unspecified atom stereocenters. The van der Waals surface area contributed by atoms with Crippen LogP contribution in [-0.4, -0.2) is 23.7 Å². The Kier molecular flexibility index (Phi) is 5.96. The van der Waals surface area contributed by atoms with Gasteiger partial charge >= 0.3 is 0 Å². The Hall–Kier alpha value is -1.45. The van der Waals surface area contributed by atoms with E-state index in [9.17, 15) is 0 Å². The third-order valence-electron chi connectivity index (χ3n) is 3.23. The summed E-state index contributed by atoms with van der Waals surface area (Å²) in [5.41, 5.74) is 3.59. The lowest BCUT2D eigenvalue weighted by atomic mass is 10.1. The fourth-order valence-electron chi connectivity index (χ4n) is 2.17. The summed E-state index contributed by atoms with van der Waals surface area (Å²) in [4.78, 5) is 0. The highest BCUT2D eigenvalue weighted by Gasteiger charge is 2.10. The van der Waals surface area contributed by atoms with Crippen LogP contribution in [0.25, 0.3) is 0 Å². The largest absolute Gasteiger partial charge is 0.396 e. The number of benzene rings is 2. The van der Waals surface area contributed by atoms with E-state index in [0.29, 0.717) is 12.5 Å². The van der Waals surface area contributed by atoms with Crippen LogP contribution in [0.2, 0.25) is 0 Å². The molecular formula is C17H21NOS. The maximum atomic E-state index is 8.93.